The van der Waals surface area contributed by atoms with Crippen LogP contribution >= 0.6 is 0 Å². The first-order chi connectivity index (χ1) is 16.8. The van der Waals surface area contributed by atoms with Gasteiger partial charge >= 0.3 is 6.09 Å². The second-order valence-corrected chi connectivity index (χ2v) is 10.9. The van der Waals surface area contributed by atoms with Gasteiger partial charge in [-0.1, -0.05) is 32.9 Å². The molecular formula is C25H38F2N4O6. The second kappa shape index (κ2) is 12.3. The van der Waals surface area contributed by atoms with Crippen molar-refractivity contribution in [2.75, 3.05) is 13.1 Å². The lowest BCUT2D eigenvalue weighted by molar-refractivity contribution is -0.144. The summed E-state index contributed by atoms with van der Waals surface area (Å²) in [5.74, 6) is -7.34. The van der Waals surface area contributed by atoms with Crippen molar-refractivity contribution in [3.63, 3.8) is 0 Å². The Hall–Kier alpha value is -3.31. The third-order valence-corrected chi connectivity index (χ3v) is 5.30. The molecule has 1 saturated heterocycles. The number of ketones is 1. The van der Waals surface area contributed by atoms with Crippen molar-refractivity contribution >= 4 is 29.6 Å². The van der Waals surface area contributed by atoms with E-state index < -0.39 is 77.6 Å². The van der Waals surface area contributed by atoms with E-state index in [9.17, 15) is 32.8 Å². The Bertz CT molecular complexity index is 923. The molecule has 0 spiro atoms. The predicted octanol–water partition coefficient (Wildman–Crippen LogP) is 2.09. The van der Waals surface area contributed by atoms with Gasteiger partial charge in [-0.3, -0.25) is 19.2 Å². The number of hydrogen-bond donors (Lipinski definition) is 3. The van der Waals surface area contributed by atoms with Crippen LogP contribution < -0.4 is 16.0 Å². The van der Waals surface area contributed by atoms with Crippen LogP contribution in [0, 0.1) is 5.41 Å². The number of carbonyl (C=O) groups is 5. The number of Topliss-reactive ketones (excluding diaryl/α,β-unsaturated/α-hetero) is 1. The first kappa shape index (κ1) is 31.7. The van der Waals surface area contributed by atoms with Gasteiger partial charge in [-0.2, -0.15) is 0 Å². The molecule has 0 bridgehead atoms. The Morgan fingerprint density at radius 3 is 2.14 bits per heavy atom. The molecule has 0 aromatic heterocycles. The van der Waals surface area contributed by atoms with Crippen molar-refractivity contribution < 1.29 is 37.5 Å². The summed E-state index contributed by atoms with van der Waals surface area (Å²) < 4.78 is 34.2. The zero-order valence-electron chi connectivity index (χ0n) is 22.3. The third kappa shape index (κ3) is 9.58. The minimum absolute atomic E-state index is 0.00922. The number of hydrogen-bond acceptors (Lipinski definition) is 6. The van der Waals surface area contributed by atoms with Crippen LogP contribution in [-0.2, 0) is 23.9 Å². The van der Waals surface area contributed by atoms with Gasteiger partial charge in [0.25, 0.3) is 11.8 Å². The summed E-state index contributed by atoms with van der Waals surface area (Å²) in [4.78, 5) is 64.2. The van der Waals surface area contributed by atoms with E-state index in [-0.39, 0.29) is 13.0 Å². The number of nitrogens with zero attached hydrogens (tertiary/aromatic N) is 1. The number of nitrogens with one attached hydrogen (secondary N) is 3. The number of rotatable bonds is 10. The Balaban J connectivity index is 3.21. The summed E-state index contributed by atoms with van der Waals surface area (Å²) in [5, 5.41) is 7.03. The van der Waals surface area contributed by atoms with Gasteiger partial charge in [0.1, 0.15) is 23.7 Å². The van der Waals surface area contributed by atoms with Gasteiger partial charge in [0, 0.05) is 13.0 Å². The Morgan fingerprint density at radius 1 is 1.05 bits per heavy atom. The lowest BCUT2D eigenvalue weighted by Gasteiger charge is -2.35. The fourth-order valence-electron chi connectivity index (χ4n) is 3.60. The lowest BCUT2D eigenvalue weighted by Crippen LogP contribution is -2.59. The van der Waals surface area contributed by atoms with Crippen molar-refractivity contribution in [3.8, 4) is 0 Å². The van der Waals surface area contributed by atoms with Gasteiger partial charge in [0.2, 0.25) is 17.6 Å². The van der Waals surface area contributed by atoms with E-state index in [1.807, 2.05) is 0 Å². The minimum atomic E-state index is -3.40. The number of amides is 4. The van der Waals surface area contributed by atoms with Crippen LogP contribution in [0.2, 0.25) is 0 Å². The van der Waals surface area contributed by atoms with Crippen molar-refractivity contribution in [1.82, 2.24) is 20.9 Å². The number of alkyl carbamates (subject to hydrolysis) is 1. The third-order valence-electron chi connectivity index (χ3n) is 5.30. The van der Waals surface area contributed by atoms with E-state index >= 15 is 0 Å². The van der Waals surface area contributed by atoms with E-state index in [0.29, 0.717) is 4.90 Å². The average molecular weight is 529 g/mol. The maximum atomic E-state index is 14.5. The van der Waals surface area contributed by atoms with Gasteiger partial charge in [0.15, 0.2) is 0 Å². The Morgan fingerprint density at radius 2 is 1.65 bits per heavy atom. The highest BCUT2D eigenvalue weighted by Gasteiger charge is 2.52. The highest BCUT2D eigenvalue weighted by Crippen LogP contribution is 2.34. The van der Waals surface area contributed by atoms with Crippen LogP contribution in [-0.4, -0.2) is 77.2 Å². The number of halogens is 2. The van der Waals surface area contributed by atoms with Crippen LogP contribution in [0.25, 0.3) is 0 Å². The molecule has 0 saturated carbocycles. The normalized spacial score (nSPS) is 18.7. The molecule has 12 heteroatoms. The predicted molar refractivity (Wildman–Crippen MR) is 133 cm³/mol. The summed E-state index contributed by atoms with van der Waals surface area (Å²) in [6, 6.07) is -4.33. The fraction of sp³-hybridized carbons (Fsp3) is 0.640. The number of alkyl halides is 2. The minimum Gasteiger partial charge on any atom is -0.444 e. The van der Waals surface area contributed by atoms with Crippen molar-refractivity contribution in [2.45, 2.75) is 84.0 Å². The standard InChI is InChI=1S/C25H38F2N4O6/c1-9-11-15(17(32)20(34)28-12-10-2)29-19(33)16-13-25(26,27)14-31(16)21(35)18(23(3,4)5)30-22(36)37-24(6,7)8/h9-10,15-16,18H,1-2,11-14H2,3-8H3,(H,28,34)(H,29,33)(H,30,36)/t15?,16-,18+/m0/s1. The molecule has 1 heterocycles. The number of likely N-dealkylation sites (tertiary alicyclic amines) is 1. The van der Waals surface area contributed by atoms with Crippen molar-refractivity contribution in [2.24, 2.45) is 5.41 Å². The topological polar surface area (TPSA) is 134 Å². The molecule has 3 N–H and O–H groups in total. The van der Waals surface area contributed by atoms with Crippen LogP contribution in [0.3, 0.4) is 0 Å². The Kier molecular flexibility index (Phi) is 10.5. The molecule has 0 radical (unpaired) electrons. The van der Waals surface area contributed by atoms with Gasteiger partial charge in [-0.05, 0) is 32.6 Å². The van der Waals surface area contributed by atoms with E-state index in [2.05, 4.69) is 29.1 Å². The number of ether oxygens (including phenoxy) is 1. The smallest absolute Gasteiger partial charge is 0.408 e. The molecule has 1 fully saturated rings. The summed E-state index contributed by atoms with van der Waals surface area (Å²) in [7, 11) is 0. The first-order valence-electron chi connectivity index (χ1n) is 11.8. The van der Waals surface area contributed by atoms with Crippen molar-refractivity contribution in [3.05, 3.63) is 25.3 Å². The monoisotopic (exact) mass is 528 g/mol. The molecule has 37 heavy (non-hydrogen) atoms. The molecule has 0 aromatic carbocycles. The zero-order chi connectivity index (χ0) is 28.8. The molecule has 1 aliphatic rings. The van der Waals surface area contributed by atoms with Crippen molar-refractivity contribution in [1.29, 1.82) is 0 Å². The summed E-state index contributed by atoms with van der Waals surface area (Å²) >= 11 is 0. The van der Waals surface area contributed by atoms with Gasteiger partial charge in [0.05, 0.1) is 6.54 Å². The van der Waals surface area contributed by atoms with Crippen LogP contribution in [0.15, 0.2) is 25.3 Å². The van der Waals surface area contributed by atoms with E-state index in [4.69, 9.17) is 4.74 Å². The fourth-order valence-corrected chi connectivity index (χ4v) is 3.60. The molecule has 208 valence electrons. The van der Waals surface area contributed by atoms with Crippen LogP contribution in [0.5, 0.6) is 0 Å². The lowest BCUT2D eigenvalue weighted by atomic mass is 9.85. The molecule has 1 unspecified atom stereocenters. The Labute approximate surface area is 216 Å². The number of carbonyl (C=O) groups excluding carboxylic acids is 5. The molecule has 1 rings (SSSR count). The molecule has 0 aromatic rings. The van der Waals surface area contributed by atoms with E-state index in [1.165, 1.54) is 12.2 Å². The molecule has 3 atom stereocenters. The SMILES string of the molecule is C=CCNC(=O)C(=O)C(CC=C)NC(=O)[C@@H]1CC(F)(F)CN1C(=O)[C@@H](NC(=O)OC(C)(C)C)C(C)(C)C. The van der Waals surface area contributed by atoms with Gasteiger partial charge in [-0.15, -0.1) is 13.2 Å². The molecular weight excluding hydrogens is 490 g/mol. The summed E-state index contributed by atoms with van der Waals surface area (Å²) in [6.45, 7) is 15.6. The highest BCUT2D eigenvalue weighted by molar-refractivity contribution is 6.38. The maximum Gasteiger partial charge on any atom is 0.408 e. The summed E-state index contributed by atoms with van der Waals surface area (Å²) in [6.07, 6.45) is 0.582. The van der Waals surface area contributed by atoms with E-state index in [1.54, 1.807) is 41.5 Å². The van der Waals surface area contributed by atoms with Gasteiger partial charge in [-0.25, -0.2) is 13.6 Å². The van der Waals surface area contributed by atoms with E-state index in [0.717, 1.165) is 0 Å². The van der Waals surface area contributed by atoms with Crippen LogP contribution in [0.4, 0.5) is 13.6 Å². The molecule has 0 aliphatic carbocycles. The summed E-state index contributed by atoms with van der Waals surface area (Å²) in [5.41, 5.74) is -1.80. The van der Waals surface area contributed by atoms with Gasteiger partial charge < -0.3 is 25.6 Å². The molecule has 4 amide bonds. The quantitative estimate of drug-likeness (QED) is 0.294. The first-order valence-corrected chi connectivity index (χ1v) is 11.8. The highest BCUT2D eigenvalue weighted by atomic mass is 19.3. The molecule has 10 nitrogen and oxygen atoms in total. The van der Waals surface area contributed by atoms with Crippen LogP contribution in [0.1, 0.15) is 54.4 Å². The zero-order valence-corrected chi connectivity index (χ0v) is 22.3. The maximum absolute atomic E-state index is 14.5. The molecule has 1 aliphatic heterocycles. The largest absolute Gasteiger partial charge is 0.444 e. The second-order valence-electron chi connectivity index (χ2n) is 10.9. The average Bonchev–Trinajstić information content (AvgIpc) is 3.08.